The minimum atomic E-state index is -1.08. The Morgan fingerprint density at radius 3 is 2.62 bits per heavy atom. The van der Waals surface area contributed by atoms with E-state index in [1.807, 2.05) is 0 Å². The number of benzene rings is 1. The molecule has 0 saturated carbocycles. The third-order valence-corrected chi connectivity index (χ3v) is 3.51. The van der Waals surface area contributed by atoms with E-state index in [4.69, 9.17) is 16.3 Å². The number of nitrogens with one attached hydrogen (secondary N) is 2. The summed E-state index contributed by atoms with van der Waals surface area (Å²) in [5.41, 5.74) is -0.473. The summed E-state index contributed by atoms with van der Waals surface area (Å²) >= 11 is 5.68. The summed E-state index contributed by atoms with van der Waals surface area (Å²) in [5.74, 6) is -2.06. The number of hydrogen-bond donors (Lipinski definition) is 2. The summed E-state index contributed by atoms with van der Waals surface area (Å²) < 4.78 is 4.96. The smallest absolute Gasteiger partial charge is 0.329 e. The molecule has 2 amide bonds. The predicted molar refractivity (Wildman–Crippen MR) is 93.8 cm³/mol. The van der Waals surface area contributed by atoms with Crippen LogP contribution in [-0.4, -0.2) is 41.4 Å². The van der Waals surface area contributed by atoms with Gasteiger partial charge in [-0.25, -0.2) is 4.79 Å². The molecule has 0 bridgehead atoms. The van der Waals surface area contributed by atoms with Crippen LogP contribution in [0.1, 0.15) is 24.2 Å². The van der Waals surface area contributed by atoms with E-state index in [1.54, 1.807) is 0 Å². The third-order valence-electron chi connectivity index (χ3n) is 3.19. The molecule has 2 N–H and O–H groups in total. The molecule has 1 aromatic rings. The number of nitro benzene ring substituents is 1. The summed E-state index contributed by atoms with van der Waals surface area (Å²) in [7, 11) is 0. The van der Waals surface area contributed by atoms with Gasteiger partial charge in [0.2, 0.25) is 0 Å². The number of hydrogen-bond acceptors (Lipinski definition) is 6. The van der Waals surface area contributed by atoms with Crippen molar-refractivity contribution in [2.75, 3.05) is 6.54 Å². The van der Waals surface area contributed by atoms with Gasteiger partial charge in [0.15, 0.2) is 6.10 Å². The zero-order chi connectivity index (χ0) is 19.9. The van der Waals surface area contributed by atoms with Crippen LogP contribution < -0.4 is 10.6 Å². The first-order valence-corrected chi connectivity index (χ1v) is 7.89. The number of nitrogens with zero attached hydrogens (tertiary/aromatic N) is 1. The van der Waals surface area contributed by atoms with E-state index < -0.39 is 40.5 Å². The zero-order valence-electron chi connectivity index (χ0n) is 14.2. The molecule has 0 aliphatic rings. The molecule has 9 nitrogen and oxygen atoms in total. The topological polar surface area (TPSA) is 128 Å². The highest BCUT2D eigenvalue weighted by Gasteiger charge is 2.24. The second kappa shape index (κ2) is 9.52. The van der Waals surface area contributed by atoms with Gasteiger partial charge in [-0.2, -0.15) is 0 Å². The highest BCUT2D eigenvalue weighted by molar-refractivity contribution is 6.32. The lowest BCUT2D eigenvalue weighted by molar-refractivity contribution is -0.384. The lowest BCUT2D eigenvalue weighted by Crippen LogP contribution is -2.43. The third kappa shape index (κ3) is 5.85. The van der Waals surface area contributed by atoms with Gasteiger partial charge in [-0.05, 0) is 26.0 Å². The van der Waals surface area contributed by atoms with Crippen LogP contribution in [0.3, 0.4) is 0 Å². The molecule has 0 aliphatic heterocycles. The molecule has 0 aliphatic carbocycles. The Hall–Kier alpha value is -2.94. The molecule has 0 spiro atoms. The van der Waals surface area contributed by atoms with Crippen LogP contribution in [0.15, 0.2) is 30.9 Å². The van der Waals surface area contributed by atoms with E-state index in [2.05, 4.69) is 17.2 Å². The Bertz CT molecular complexity index is 737. The van der Waals surface area contributed by atoms with Crippen LogP contribution in [0.2, 0.25) is 5.02 Å². The summed E-state index contributed by atoms with van der Waals surface area (Å²) in [6, 6.07) is 2.42. The normalized spacial score (nSPS) is 12.4. The largest absolute Gasteiger partial charge is 0.451 e. The van der Waals surface area contributed by atoms with Crippen LogP contribution in [0.5, 0.6) is 0 Å². The Kier molecular flexibility index (Phi) is 7.73. The maximum Gasteiger partial charge on any atom is 0.329 e. The van der Waals surface area contributed by atoms with Crippen molar-refractivity contribution >= 4 is 35.1 Å². The van der Waals surface area contributed by atoms with Gasteiger partial charge in [0.25, 0.3) is 17.5 Å². The number of carbonyl (C=O) groups is 3. The minimum Gasteiger partial charge on any atom is -0.451 e. The summed E-state index contributed by atoms with van der Waals surface area (Å²) in [6.07, 6.45) is 0.416. The van der Waals surface area contributed by atoms with Crippen molar-refractivity contribution in [3.63, 3.8) is 0 Å². The maximum atomic E-state index is 12.1. The van der Waals surface area contributed by atoms with Crippen molar-refractivity contribution in [2.24, 2.45) is 0 Å². The Morgan fingerprint density at radius 2 is 2.04 bits per heavy atom. The van der Waals surface area contributed by atoms with Crippen molar-refractivity contribution < 1.29 is 24.0 Å². The van der Waals surface area contributed by atoms with Gasteiger partial charge >= 0.3 is 5.97 Å². The maximum absolute atomic E-state index is 12.1. The van der Waals surface area contributed by atoms with Gasteiger partial charge in [0.1, 0.15) is 11.1 Å². The molecule has 0 heterocycles. The quantitative estimate of drug-likeness (QED) is 0.304. The molecule has 0 fully saturated rings. The van der Waals surface area contributed by atoms with Gasteiger partial charge in [0, 0.05) is 18.2 Å². The standard InChI is InChI=1S/C16H18ClN3O6/c1-4-7-18-14(21)10(3)26-16(23)9(2)19-15(22)11-5-6-12(17)13(8-11)20(24)25/h4-6,8-10H,1,7H2,2-3H3,(H,18,21)(H,19,22)/t9-,10+/m0/s1. The van der Waals surface area contributed by atoms with E-state index in [1.165, 1.54) is 32.1 Å². The molecule has 140 valence electrons. The van der Waals surface area contributed by atoms with Crippen LogP contribution in [0.4, 0.5) is 5.69 Å². The van der Waals surface area contributed by atoms with Gasteiger partial charge in [0.05, 0.1) is 4.92 Å². The fraction of sp³-hybridized carbons (Fsp3) is 0.312. The molecular formula is C16H18ClN3O6. The first-order valence-electron chi connectivity index (χ1n) is 7.51. The van der Waals surface area contributed by atoms with E-state index in [0.29, 0.717) is 0 Å². The van der Waals surface area contributed by atoms with Gasteiger partial charge in [-0.3, -0.25) is 19.7 Å². The lowest BCUT2D eigenvalue weighted by atomic mass is 10.1. The van der Waals surface area contributed by atoms with Crippen LogP contribution in [0.25, 0.3) is 0 Å². The molecule has 0 aromatic heterocycles. The van der Waals surface area contributed by atoms with E-state index >= 15 is 0 Å². The van der Waals surface area contributed by atoms with E-state index in [0.717, 1.165) is 6.07 Å². The first-order chi connectivity index (χ1) is 12.2. The molecule has 1 aromatic carbocycles. The zero-order valence-corrected chi connectivity index (χ0v) is 14.9. The SMILES string of the molecule is C=CCNC(=O)[C@@H](C)OC(=O)[C@H](C)NC(=O)c1ccc(Cl)c([N+](=O)[O-])c1. The van der Waals surface area contributed by atoms with Gasteiger partial charge in [-0.1, -0.05) is 17.7 Å². The average molecular weight is 384 g/mol. The number of halogens is 1. The predicted octanol–water partition coefficient (Wildman–Crippen LogP) is 1.60. The highest BCUT2D eigenvalue weighted by atomic mass is 35.5. The number of esters is 1. The molecule has 2 atom stereocenters. The molecule has 0 unspecified atom stereocenters. The van der Waals surface area contributed by atoms with Crippen molar-refractivity contribution in [1.82, 2.24) is 10.6 Å². The monoisotopic (exact) mass is 383 g/mol. The molecular weight excluding hydrogens is 366 g/mol. The van der Waals surface area contributed by atoms with Crippen molar-refractivity contribution in [2.45, 2.75) is 26.0 Å². The highest BCUT2D eigenvalue weighted by Crippen LogP contribution is 2.25. The number of ether oxygens (including phenoxy) is 1. The molecule has 10 heteroatoms. The van der Waals surface area contributed by atoms with Gasteiger partial charge in [-0.15, -0.1) is 6.58 Å². The number of carbonyl (C=O) groups excluding carboxylic acids is 3. The van der Waals surface area contributed by atoms with Gasteiger partial charge < -0.3 is 15.4 Å². The summed E-state index contributed by atoms with van der Waals surface area (Å²) in [6.45, 7) is 6.41. The summed E-state index contributed by atoms with van der Waals surface area (Å²) in [4.78, 5) is 45.9. The van der Waals surface area contributed by atoms with E-state index in [9.17, 15) is 24.5 Å². The second-order valence-electron chi connectivity index (χ2n) is 5.23. The Balaban J connectivity index is 2.70. The van der Waals surface area contributed by atoms with Crippen molar-refractivity contribution in [1.29, 1.82) is 0 Å². The number of rotatable bonds is 8. The van der Waals surface area contributed by atoms with Crippen LogP contribution >= 0.6 is 11.6 Å². The van der Waals surface area contributed by atoms with Crippen LogP contribution in [-0.2, 0) is 14.3 Å². The van der Waals surface area contributed by atoms with E-state index in [-0.39, 0.29) is 17.1 Å². The molecule has 0 saturated heterocycles. The fourth-order valence-electron chi connectivity index (χ4n) is 1.78. The number of amides is 2. The average Bonchev–Trinajstić information content (AvgIpc) is 2.59. The molecule has 1 rings (SSSR count). The Labute approximate surface area is 154 Å². The first kappa shape index (κ1) is 21.1. The molecule has 0 radical (unpaired) electrons. The lowest BCUT2D eigenvalue weighted by Gasteiger charge is -2.17. The Morgan fingerprint density at radius 1 is 1.38 bits per heavy atom. The van der Waals surface area contributed by atoms with Crippen molar-refractivity contribution in [3.05, 3.63) is 51.6 Å². The number of nitro groups is 1. The van der Waals surface area contributed by atoms with Crippen molar-refractivity contribution in [3.8, 4) is 0 Å². The minimum absolute atomic E-state index is 0.0440. The fourth-order valence-corrected chi connectivity index (χ4v) is 1.97. The van der Waals surface area contributed by atoms with Crippen LogP contribution in [0, 0.1) is 10.1 Å². The molecule has 26 heavy (non-hydrogen) atoms. The summed E-state index contributed by atoms with van der Waals surface area (Å²) in [5, 5.41) is 15.6. The second-order valence-corrected chi connectivity index (χ2v) is 5.64.